The predicted molar refractivity (Wildman–Crippen MR) is 104 cm³/mol. The third-order valence-electron chi connectivity index (χ3n) is 5.79. The monoisotopic (exact) mass is 364 g/mol. The van der Waals surface area contributed by atoms with Crippen LogP contribution in [0, 0.1) is 18.8 Å². The molecular weight excluding hydrogens is 340 g/mol. The minimum atomic E-state index is -0.622. The molecule has 1 aromatic heterocycles. The van der Waals surface area contributed by atoms with Gasteiger partial charge in [-0.15, -0.1) is 0 Å². The second-order valence-electron chi connectivity index (χ2n) is 7.63. The number of fused-ring (bicyclic) bond motifs is 2. The van der Waals surface area contributed by atoms with E-state index in [-0.39, 0.29) is 6.04 Å². The summed E-state index contributed by atoms with van der Waals surface area (Å²) in [6, 6.07) is 11.7. The van der Waals surface area contributed by atoms with E-state index < -0.39 is 11.8 Å². The van der Waals surface area contributed by atoms with Crippen molar-refractivity contribution in [2.24, 2.45) is 11.8 Å². The molecule has 0 spiro atoms. The van der Waals surface area contributed by atoms with Gasteiger partial charge >= 0.3 is 11.8 Å². The minimum absolute atomic E-state index is 0.0329. The third-order valence-corrected chi connectivity index (χ3v) is 5.79. The topological polar surface area (TPSA) is 88.3 Å². The van der Waals surface area contributed by atoms with Gasteiger partial charge in [-0.05, 0) is 55.2 Å². The van der Waals surface area contributed by atoms with Crippen LogP contribution in [0.15, 0.2) is 42.6 Å². The summed E-state index contributed by atoms with van der Waals surface area (Å²) in [7, 11) is 0. The number of piperidine rings is 1. The molecule has 2 bridgehead atoms. The lowest BCUT2D eigenvalue weighted by atomic mass is 9.86. The number of anilines is 2. The summed E-state index contributed by atoms with van der Waals surface area (Å²) in [6.07, 6.45) is 4.84. The minimum Gasteiger partial charge on any atom is -0.383 e. The van der Waals surface area contributed by atoms with Crippen molar-refractivity contribution in [3.8, 4) is 0 Å². The number of nitrogens with one attached hydrogen (secondary N) is 1. The summed E-state index contributed by atoms with van der Waals surface area (Å²) < 4.78 is 0. The highest BCUT2D eigenvalue weighted by molar-refractivity contribution is 6.39. The van der Waals surface area contributed by atoms with Gasteiger partial charge in [0.2, 0.25) is 0 Å². The lowest BCUT2D eigenvalue weighted by Crippen LogP contribution is -2.47. The molecule has 1 aliphatic heterocycles. The fraction of sp³-hybridized carbons (Fsp3) is 0.381. The molecule has 6 nitrogen and oxygen atoms in total. The van der Waals surface area contributed by atoms with E-state index >= 15 is 0 Å². The first-order chi connectivity index (χ1) is 13.0. The molecule has 2 amide bonds. The molecule has 3 N–H and O–H groups in total. The summed E-state index contributed by atoms with van der Waals surface area (Å²) in [4.78, 5) is 31.5. The van der Waals surface area contributed by atoms with Crippen molar-refractivity contribution in [3.63, 3.8) is 0 Å². The average Bonchev–Trinajstić information content (AvgIpc) is 3.05. The van der Waals surface area contributed by atoms with Crippen LogP contribution in [0.3, 0.4) is 0 Å². The molecule has 0 radical (unpaired) electrons. The molecule has 1 aromatic carbocycles. The average molecular weight is 364 g/mol. The molecule has 2 aliphatic rings. The Morgan fingerprint density at radius 1 is 1.22 bits per heavy atom. The summed E-state index contributed by atoms with van der Waals surface area (Å²) >= 11 is 0. The van der Waals surface area contributed by atoms with Gasteiger partial charge in [0, 0.05) is 6.54 Å². The van der Waals surface area contributed by atoms with Crippen LogP contribution >= 0.6 is 0 Å². The van der Waals surface area contributed by atoms with Crippen molar-refractivity contribution in [2.45, 2.75) is 32.2 Å². The maximum absolute atomic E-state index is 13.0. The van der Waals surface area contributed by atoms with Crippen LogP contribution in [-0.4, -0.2) is 28.2 Å². The highest BCUT2D eigenvalue weighted by Gasteiger charge is 2.44. The van der Waals surface area contributed by atoms with Crippen LogP contribution in [-0.2, 0) is 9.59 Å². The number of pyridine rings is 1. The van der Waals surface area contributed by atoms with E-state index in [1.165, 1.54) is 6.20 Å². The van der Waals surface area contributed by atoms with Gasteiger partial charge < -0.3 is 16.0 Å². The van der Waals surface area contributed by atoms with Crippen LogP contribution in [0.25, 0.3) is 0 Å². The number of likely N-dealkylation sites (tertiary alicyclic amines) is 1. The van der Waals surface area contributed by atoms with Crippen LogP contribution < -0.4 is 11.1 Å². The second-order valence-corrected chi connectivity index (χ2v) is 7.63. The van der Waals surface area contributed by atoms with Crippen molar-refractivity contribution in [1.29, 1.82) is 0 Å². The number of aromatic nitrogens is 1. The molecule has 2 heterocycles. The van der Waals surface area contributed by atoms with Crippen molar-refractivity contribution < 1.29 is 9.59 Å². The first kappa shape index (κ1) is 17.5. The van der Waals surface area contributed by atoms with Crippen molar-refractivity contribution in [1.82, 2.24) is 9.88 Å². The quantitative estimate of drug-likeness (QED) is 0.802. The summed E-state index contributed by atoms with van der Waals surface area (Å²) in [5, 5.41) is 2.68. The number of hydrogen-bond donors (Lipinski definition) is 2. The van der Waals surface area contributed by atoms with Crippen LogP contribution in [0.2, 0.25) is 0 Å². The smallest absolute Gasteiger partial charge is 0.313 e. The van der Waals surface area contributed by atoms with Crippen molar-refractivity contribution in [3.05, 3.63) is 53.7 Å². The van der Waals surface area contributed by atoms with Gasteiger partial charge in [0.1, 0.15) is 5.82 Å². The van der Waals surface area contributed by atoms with Gasteiger partial charge in [0.05, 0.1) is 17.9 Å². The summed E-state index contributed by atoms with van der Waals surface area (Å²) in [6.45, 7) is 2.45. The molecular formula is C21H24N4O2. The largest absolute Gasteiger partial charge is 0.383 e. The Balaban J connectivity index is 1.56. The molecule has 2 aromatic rings. The van der Waals surface area contributed by atoms with Crippen LogP contribution in [0.1, 0.15) is 36.4 Å². The molecule has 1 saturated heterocycles. The maximum Gasteiger partial charge on any atom is 0.313 e. The van der Waals surface area contributed by atoms with Crippen molar-refractivity contribution in [2.75, 3.05) is 17.6 Å². The van der Waals surface area contributed by atoms with E-state index in [1.54, 1.807) is 11.0 Å². The van der Waals surface area contributed by atoms with E-state index in [9.17, 15) is 9.59 Å². The first-order valence-electron chi connectivity index (χ1n) is 9.42. The third kappa shape index (κ3) is 3.39. The summed E-state index contributed by atoms with van der Waals surface area (Å²) in [5.74, 6) is 0.227. The van der Waals surface area contributed by atoms with E-state index in [1.807, 2.05) is 25.1 Å². The van der Waals surface area contributed by atoms with Gasteiger partial charge in [-0.2, -0.15) is 0 Å². The molecule has 4 rings (SSSR count). The number of hydrogen-bond acceptors (Lipinski definition) is 4. The number of carbonyl (C=O) groups excluding carboxylic acids is 2. The Hall–Kier alpha value is -2.89. The lowest BCUT2D eigenvalue weighted by molar-refractivity contribution is -0.147. The Kier molecular flexibility index (Phi) is 4.56. The highest BCUT2D eigenvalue weighted by atomic mass is 16.2. The Bertz CT molecular complexity index is 868. The highest BCUT2D eigenvalue weighted by Crippen LogP contribution is 2.47. The zero-order valence-electron chi connectivity index (χ0n) is 15.4. The fourth-order valence-corrected chi connectivity index (χ4v) is 4.49. The van der Waals surface area contributed by atoms with Gasteiger partial charge in [-0.1, -0.05) is 30.3 Å². The predicted octanol–water partition coefficient (Wildman–Crippen LogP) is 2.91. The number of nitrogens with two attached hydrogens (primary N) is 1. The number of nitrogens with zero attached hydrogens (tertiary/aromatic N) is 2. The van der Waals surface area contributed by atoms with Gasteiger partial charge in [-0.25, -0.2) is 4.98 Å². The molecule has 140 valence electrons. The SMILES string of the molecule is Cc1cc(NC(=O)C(=O)N2C[C@@H]3CC[C@@H](C3)[C@H]2c2ccccc2)cnc1N. The Labute approximate surface area is 158 Å². The molecule has 6 heteroatoms. The molecule has 2 fully saturated rings. The lowest BCUT2D eigenvalue weighted by Gasteiger charge is -2.40. The van der Waals surface area contributed by atoms with Crippen LogP contribution in [0.5, 0.6) is 0 Å². The van der Waals surface area contributed by atoms with E-state index in [2.05, 4.69) is 22.4 Å². The first-order valence-corrected chi connectivity index (χ1v) is 9.42. The molecule has 27 heavy (non-hydrogen) atoms. The van der Waals surface area contributed by atoms with Gasteiger partial charge in [0.15, 0.2) is 0 Å². The van der Waals surface area contributed by atoms with E-state index in [0.29, 0.717) is 29.9 Å². The molecule has 3 atom stereocenters. The van der Waals surface area contributed by atoms with Crippen LogP contribution in [0.4, 0.5) is 11.5 Å². The number of nitrogen functional groups attached to an aromatic ring is 1. The number of carbonyl (C=O) groups is 2. The standard InChI is InChI=1S/C21H24N4O2/c1-13-9-17(11-23-19(13)22)24-20(26)21(27)25-12-14-7-8-16(10-14)18(25)15-5-3-2-4-6-15/h2-6,9,11,14,16,18H,7-8,10,12H2,1H3,(H2,22,23)(H,24,26)/t14-,16+,18-/m1/s1. The van der Waals surface area contributed by atoms with E-state index in [0.717, 1.165) is 30.4 Å². The number of benzene rings is 1. The second kappa shape index (κ2) is 7.02. The zero-order chi connectivity index (χ0) is 19.0. The molecule has 1 saturated carbocycles. The number of rotatable bonds is 2. The Morgan fingerprint density at radius 3 is 2.74 bits per heavy atom. The maximum atomic E-state index is 13.0. The number of aryl methyl sites for hydroxylation is 1. The molecule has 0 unspecified atom stereocenters. The molecule has 1 aliphatic carbocycles. The Morgan fingerprint density at radius 2 is 2.00 bits per heavy atom. The van der Waals surface area contributed by atoms with Crippen molar-refractivity contribution >= 4 is 23.3 Å². The summed E-state index contributed by atoms with van der Waals surface area (Å²) in [5.41, 5.74) is 8.07. The van der Waals surface area contributed by atoms with Gasteiger partial charge in [-0.3, -0.25) is 9.59 Å². The van der Waals surface area contributed by atoms with Gasteiger partial charge in [0.25, 0.3) is 0 Å². The van der Waals surface area contributed by atoms with E-state index in [4.69, 9.17) is 5.73 Å². The number of amides is 2. The normalized spacial score (nSPS) is 23.9. The zero-order valence-corrected chi connectivity index (χ0v) is 15.4. The fourth-order valence-electron chi connectivity index (χ4n) is 4.49.